The monoisotopic (exact) mass is 365 g/mol. The molecule has 142 valence electrons. The van der Waals surface area contributed by atoms with Gasteiger partial charge in [0, 0.05) is 69.1 Å². The van der Waals surface area contributed by atoms with Crippen molar-refractivity contribution in [2.24, 2.45) is 0 Å². The molecular weight excluding hydrogens is 338 g/mol. The van der Waals surface area contributed by atoms with Crippen molar-refractivity contribution in [2.45, 2.75) is 25.3 Å². The van der Waals surface area contributed by atoms with E-state index in [9.17, 15) is 4.79 Å². The number of amides is 1. The Kier molecular flexibility index (Phi) is 4.83. The molecule has 0 unspecified atom stereocenters. The maximum Gasteiger partial charge on any atom is 0.254 e. The first-order valence-electron chi connectivity index (χ1n) is 9.61. The molecule has 2 aliphatic rings. The molecule has 4 rings (SSSR count). The molecule has 0 spiro atoms. The number of fused-ring (bicyclic) bond motifs is 1. The smallest absolute Gasteiger partial charge is 0.254 e. The van der Waals surface area contributed by atoms with Crippen LogP contribution >= 0.6 is 0 Å². The van der Waals surface area contributed by atoms with Crippen LogP contribution in [0.4, 0.5) is 5.69 Å². The van der Waals surface area contributed by atoms with Crippen LogP contribution in [0.2, 0.25) is 0 Å². The van der Waals surface area contributed by atoms with Crippen LogP contribution in [0.5, 0.6) is 0 Å². The van der Waals surface area contributed by atoms with Crippen LogP contribution in [0, 0.1) is 0 Å². The predicted octanol–water partition coefficient (Wildman–Crippen LogP) is 2.16. The van der Waals surface area contributed by atoms with E-state index in [-0.39, 0.29) is 5.91 Å². The van der Waals surface area contributed by atoms with Crippen LogP contribution in [0.3, 0.4) is 0 Å². The van der Waals surface area contributed by atoms with Gasteiger partial charge in [-0.3, -0.25) is 4.79 Å². The summed E-state index contributed by atoms with van der Waals surface area (Å²) in [6.07, 6.45) is 3.86. The third-order valence-electron chi connectivity index (χ3n) is 5.63. The second kappa shape index (κ2) is 7.27. The molecule has 6 heteroatoms. The fourth-order valence-electron chi connectivity index (χ4n) is 3.93. The lowest BCUT2D eigenvalue weighted by molar-refractivity contribution is 0.0733. The number of carbonyl (C=O) groups is 1. The maximum atomic E-state index is 12.9. The van der Waals surface area contributed by atoms with Crippen LogP contribution < -0.4 is 4.90 Å². The van der Waals surface area contributed by atoms with Crippen LogP contribution in [-0.2, 0) is 13.0 Å². The van der Waals surface area contributed by atoms with Gasteiger partial charge < -0.3 is 14.7 Å². The molecule has 0 aliphatic carbocycles. The van der Waals surface area contributed by atoms with Crippen molar-refractivity contribution in [3.05, 3.63) is 53.1 Å². The van der Waals surface area contributed by atoms with E-state index < -0.39 is 0 Å². The van der Waals surface area contributed by atoms with Crippen molar-refractivity contribution in [3.8, 4) is 0 Å². The summed E-state index contributed by atoms with van der Waals surface area (Å²) in [5.74, 6) is 1.49. The van der Waals surface area contributed by atoms with E-state index in [0.717, 1.165) is 54.3 Å². The van der Waals surface area contributed by atoms with Crippen molar-refractivity contribution in [1.82, 2.24) is 19.8 Å². The third kappa shape index (κ3) is 3.67. The number of aromatic nitrogens is 2. The van der Waals surface area contributed by atoms with Gasteiger partial charge in [0.2, 0.25) is 0 Å². The fraction of sp³-hybridized carbons (Fsp3) is 0.476. The number of hydrogen-bond acceptors (Lipinski definition) is 5. The molecule has 0 N–H and O–H groups in total. The van der Waals surface area contributed by atoms with E-state index in [4.69, 9.17) is 4.98 Å². The van der Waals surface area contributed by atoms with Crippen molar-refractivity contribution < 1.29 is 4.79 Å². The first-order chi connectivity index (χ1) is 13.0. The van der Waals surface area contributed by atoms with Gasteiger partial charge in [-0.2, -0.15) is 0 Å². The molecule has 1 amide bonds. The summed E-state index contributed by atoms with van der Waals surface area (Å²) >= 11 is 0. The molecule has 1 fully saturated rings. The Morgan fingerprint density at radius 2 is 1.96 bits per heavy atom. The summed E-state index contributed by atoms with van der Waals surface area (Å²) in [5, 5.41) is 0. The standard InChI is InChI=1S/C21H27N5O/c1-24(2)18-6-4-15(5-7-18)21(27)26-11-9-19-17(14-26)12-22-20(23-19)16-8-10-25(3)13-16/h4-7,12,16H,8-11,13-14H2,1-3H3/t16-/m1/s1. The summed E-state index contributed by atoms with van der Waals surface area (Å²) in [4.78, 5) is 28.6. The molecule has 1 atom stereocenters. The molecule has 6 nitrogen and oxygen atoms in total. The molecule has 2 aromatic rings. The zero-order valence-corrected chi connectivity index (χ0v) is 16.4. The normalized spacial score (nSPS) is 19.8. The Labute approximate surface area is 160 Å². The lowest BCUT2D eigenvalue weighted by Gasteiger charge is -2.28. The van der Waals surface area contributed by atoms with E-state index in [0.29, 0.717) is 19.0 Å². The Morgan fingerprint density at radius 1 is 1.19 bits per heavy atom. The van der Waals surface area contributed by atoms with E-state index >= 15 is 0 Å². The van der Waals surface area contributed by atoms with Gasteiger partial charge in [-0.05, 0) is 44.3 Å². The molecule has 0 bridgehead atoms. The zero-order valence-electron chi connectivity index (χ0n) is 16.4. The van der Waals surface area contributed by atoms with Gasteiger partial charge in [0.05, 0.1) is 5.69 Å². The van der Waals surface area contributed by atoms with Crippen molar-refractivity contribution in [3.63, 3.8) is 0 Å². The van der Waals surface area contributed by atoms with E-state index in [2.05, 4.69) is 16.9 Å². The highest BCUT2D eigenvalue weighted by atomic mass is 16.2. The SMILES string of the molecule is CN1CC[C@@H](c2ncc3c(n2)CCN(C(=O)c2ccc(N(C)C)cc2)C3)C1. The van der Waals surface area contributed by atoms with Crippen LogP contribution in [-0.4, -0.2) is 66.5 Å². The number of anilines is 1. The summed E-state index contributed by atoms with van der Waals surface area (Å²) < 4.78 is 0. The molecular formula is C21H27N5O. The van der Waals surface area contributed by atoms with Gasteiger partial charge in [0.15, 0.2) is 0 Å². The molecule has 1 aromatic heterocycles. The highest BCUT2D eigenvalue weighted by Gasteiger charge is 2.27. The lowest BCUT2D eigenvalue weighted by atomic mass is 10.0. The van der Waals surface area contributed by atoms with E-state index in [1.54, 1.807) is 0 Å². The van der Waals surface area contributed by atoms with Gasteiger partial charge in [-0.25, -0.2) is 9.97 Å². The minimum absolute atomic E-state index is 0.0763. The second-order valence-electron chi connectivity index (χ2n) is 7.87. The van der Waals surface area contributed by atoms with E-state index in [1.807, 2.05) is 54.4 Å². The first kappa shape index (κ1) is 17.9. The molecule has 3 heterocycles. The summed E-state index contributed by atoms with van der Waals surface area (Å²) in [7, 11) is 6.14. The van der Waals surface area contributed by atoms with Crippen molar-refractivity contribution in [2.75, 3.05) is 45.7 Å². The summed E-state index contributed by atoms with van der Waals surface area (Å²) in [6, 6.07) is 7.78. The van der Waals surface area contributed by atoms with Gasteiger partial charge in [-0.15, -0.1) is 0 Å². The molecule has 27 heavy (non-hydrogen) atoms. The van der Waals surface area contributed by atoms with E-state index in [1.165, 1.54) is 0 Å². The Balaban J connectivity index is 1.47. The summed E-state index contributed by atoms with van der Waals surface area (Å²) in [6.45, 7) is 3.45. The largest absolute Gasteiger partial charge is 0.378 e. The Hall–Kier alpha value is -2.47. The molecule has 1 saturated heterocycles. The minimum Gasteiger partial charge on any atom is -0.378 e. The minimum atomic E-state index is 0.0763. The number of rotatable bonds is 3. The summed E-state index contributed by atoms with van der Waals surface area (Å²) in [5.41, 5.74) is 4.01. The molecule has 0 radical (unpaired) electrons. The highest BCUT2D eigenvalue weighted by molar-refractivity contribution is 5.94. The van der Waals surface area contributed by atoms with Gasteiger partial charge in [0.25, 0.3) is 5.91 Å². The molecule has 0 saturated carbocycles. The van der Waals surface area contributed by atoms with Gasteiger partial charge in [-0.1, -0.05) is 0 Å². The Bertz CT molecular complexity index is 833. The Morgan fingerprint density at radius 3 is 2.63 bits per heavy atom. The average molecular weight is 365 g/mol. The third-order valence-corrected chi connectivity index (χ3v) is 5.63. The second-order valence-corrected chi connectivity index (χ2v) is 7.87. The van der Waals surface area contributed by atoms with Crippen LogP contribution in [0.15, 0.2) is 30.5 Å². The van der Waals surface area contributed by atoms with Crippen molar-refractivity contribution >= 4 is 11.6 Å². The first-order valence-corrected chi connectivity index (χ1v) is 9.61. The molecule has 1 aromatic carbocycles. The number of hydrogen-bond donors (Lipinski definition) is 0. The number of carbonyl (C=O) groups excluding carboxylic acids is 1. The van der Waals surface area contributed by atoms with Crippen LogP contribution in [0.25, 0.3) is 0 Å². The quantitative estimate of drug-likeness (QED) is 0.834. The number of nitrogens with zero attached hydrogens (tertiary/aromatic N) is 5. The predicted molar refractivity (Wildman–Crippen MR) is 106 cm³/mol. The number of likely N-dealkylation sites (tertiary alicyclic amines) is 1. The van der Waals surface area contributed by atoms with Gasteiger partial charge in [0.1, 0.15) is 5.82 Å². The number of likely N-dealkylation sites (N-methyl/N-ethyl adjacent to an activating group) is 1. The highest BCUT2D eigenvalue weighted by Crippen LogP contribution is 2.26. The zero-order chi connectivity index (χ0) is 19.0. The van der Waals surface area contributed by atoms with Crippen molar-refractivity contribution in [1.29, 1.82) is 0 Å². The molecule has 2 aliphatic heterocycles. The number of benzene rings is 1. The topological polar surface area (TPSA) is 52.6 Å². The lowest BCUT2D eigenvalue weighted by Crippen LogP contribution is -2.36. The fourth-order valence-corrected chi connectivity index (χ4v) is 3.93. The van der Waals surface area contributed by atoms with Crippen LogP contribution in [0.1, 0.15) is 39.8 Å². The average Bonchev–Trinajstić information content (AvgIpc) is 3.13. The van der Waals surface area contributed by atoms with Gasteiger partial charge >= 0.3 is 0 Å². The maximum absolute atomic E-state index is 12.9.